The summed E-state index contributed by atoms with van der Waals surface area (Å²) in [5.74, 6) is 0. The van der Waals surface area contributed by atoms with Crippen LogP contribution >= 0.6 is 0 Å². The van der Waals surface area contributed by atoms with Crippen molar-refractivity contribution in [2.45, 2.75) is 63.6 Å². The molecule has 0 atom stereocenters. The molecule has 0 saturated carbocycles. The number of methoxy groups -OCH3 is 1. The average molecular weight is 359 g/mol. The van der Waals surface area contributed by atoms with Gasteiger partial charge in [-0.15, -0.1) is 0 Å². The highest BCUT2D eigenvalue weighted by atomic mass is 32.2. The molecule has 0 amide bonds. The van der Waals surface area contributed by atoms with Gasteiger partial charge in [0, 0.05) is 13.5 Å². The lowest BCUT2D eigenvalue weighted by Gasteiger charge is -2.28. The fraction of sp³-hybridized carbons (Fsp3) is 0.667. The zero-order valence-corrected chi connectivity index (χ0v) is 16.4. The smallest absolute Gasteiger partial charge is 0.296 e. The molecule has 0 spiro atoms. The van der Waals surface area contributed by atoms with Crippen molar-refractivity contribution >= 4 is 10.1 Å². The van der Waals surface area contributed by atoms with Gasteiger partial charge in [-0.25, -0.2) is 0 Å². The van der Waals surface area contributed by atoms with Gasteiger partial charge in [0.25, 0.3) is 10.1 Å². The molecule has 0 aliphatic rings. The first-order valence-electron chi connectivity index (χ1n) is 8.13. The van der Waals surface area contributed by atoms with Crippen LogP contribution in [-0.4, -0.2) is 39.9 Å². The first-order chi connectivity index (χ1) is 11.0. The van der Waals surface area contributed by atoms with E-state index in [4.69, 9.17) is 13.7 Å². The molecule has 0 fully saturated rings. The van der Waals surface area contributed by atoms with Crippen LogP contribution in [0.15, 0.2) is 29.2 Å². The van der Waals surface area contributed by atoms with Crippen molar-refractivity contribution in [3.63, 3.8) is 0 Å². The summed E-state index contributed by atoms with van der Waals surface area (Å²) in [7, 11) is -2.05. The number of aryl methyl sites for hydroxylation is 1. The molecule has 0 aromatic heterocycles. The molecule has 24 heavy (non-hydrogen) atoms. The average Bonchev–Trinajstić information content (AvgIpc) is 2.46. The quantitative estimate of drug-likeness (QED) is 0.597. The lowest BCUT2D eigenvalue weighted by Crippen LogP contribution is -2.31. The molecule has 0 saturated heterocycles. The molecule has 138 valence electrons. The maximum atomic E-state index is 12.1. The summed E-state index contributed by atoms with van der Waals surface area (Å²) in [6.07, 6.45) is 1.24. The Labute approximate surface area is 146 Å². The van der Waals surface area contributed by atoms with E-state index in [1.54, 1.807) is 31.4 Å². The Morgan fingerprint density at radius 2 is 1.46 bits per heavy atom. The summed E-state index contributed by atoms with van der Waals surface area (Å²) >= 11 is 0. The Bertz CT molecular complexity index is 603. The van der Waals surface area contributed by atoms with Gasteiger partial charge in [-0.05, 0) is 53.2 Å². The highest BCUT2D eigenvalue weighted by Crippen LogP contribution is 2.20. The number of hydrogen-bond donors (Lipinski definition) is 0. The van der Waals surface area contributed by atoms with E-state index in [2.05, 4.69) is 0 Å². The predicted molar refractivity (Wildman–Crippen MR) is 94.7 cm³/mol. The molecule has 1 rings (SSSR count). The van der Waals surface area contributed by atoms with Crippen LogP contribution in [0, 0.1) is 6.92 Å². The molecule has 1 aromatic carbocycles. The molecule has 0 N–H and O–H groups in total. The predicted octanol–water partition coefficient (Wildman–Crippen LogP) is 3.70. The largest absolute Gasteiger partial charge is 0.379 e. The molecule has 0 unspecified atom stereocenters. The van der Waals surface area contributed by atoms with E-state index in [1.807, 2.05) is 34.6 Å². The van der Waals surface area contributed by atoms with Gasteiger partial charge < -0.3 is 9.47 Å². The molecule has 1 aromatic rings. The Balaban J connectivity index is 2.45. The Hall–Kier alpha value is -0.950. The SMILES string of the molecule is COC(C)(C)CCOC(C)(C)CCOS(=O)(=O)c1ccc(C)cc1. The van der Waals surface area contributed by atoms with Gasteiger partial charge in [-0.1, -0.05) is 17.7 Å². The minimum atomic E-state index is -3.72. The topological polar surface area (TPSA) is 61.8 Å². The third-order valence-corrected chi connectivity index (χ3v) is 5.33. The maximum Gasteiger partial charge on any atom is 0.296 e. The van der Waals surface area contributed by atoms with E-state index < -0.39 is 15.7 Å². The molecule has 0 heterocycles. The van der Waals surface area contributed by atoms with E-state index in [0.29, 0.717) is 13.0 Å². The second-order valence-electron chi connectivity index (χ2n) is 7.16. The molecule has 0 aliphatic carbocycles. The van der Waals surface area contributed by atoms with Gasteiger partial charge in [0.1, 0.15) is 0 Å². The van der Waals surface area contributed by atoms with Crippen LogP contribution in [0.3, 0.4) is 0 Å². The highest BCUT2D eigenvalue weighted by Gasteiger charge is 2.23. The van der Waals surface area contributed by atoms with Crippen molar-refractivity contribution in [1.82, 2.24) is 0 Å². The molecule has 6 heteroatoms. The van der Waals surface area contributed by atoms with E-state index in [9.17, 15) is 8.42 Å². The van der Waals surface area contributed by atoms with E-state index >= 15 is 0 Å². The number of hydrogen-bond acceptors (Lipinski definition) is 5. The maximum absolute atomic E-state index is 12.1. The summed E-state index contributed by atoms with van der Waals surface area (Å²) in [4.78, 5) is 0.175. The van der Waals surface area contributed by atoms with E-state index in [1.165, 1.54) is 0 Å². The zero-order valence-electron chi connectivity index (χ0n) is 15.6. The number of benzene rings is 1. The minimum absolute atomic E-state index is 0.0802. The van der Waals surface area contributed by atoms with Gasteiger partial charge in [0.05, 0.1) is 29.3 Å². The first-order valence-corrected chi connectivity index (χ1v) is 9.53. The first kappa shape index (κ1) is 21.1. The van der Waals surface area contributed by atoms with Crippen LogP contribution in [0.4, 0.5) is 0 Å². The number of rotatable bonds is 10. The summed E-state index contributed by atoms with van der Waals surface area (Å²) in [5.41, 5.74) is 0.302. The lowest BCUT2D eigenvalue weighted by molar-refractivity contribution is -0.0645. The lowest BCUT2D eigenvalue weighted by atomic mass is 10.0. The molecule has 5 nitrogen and oxygen atoms in total. The second-order valence-corrected chi connectivity index (χ2v) is 8.78. The summed E-state index contributed by atoms with van der Waals surface area (Å²) < 4.78 is 40.6. The van der Waals surface area contributed by atoms with Crippen LogP contribution in [0.5, 0.6) is 0 Å². The second kappa shape index (κ2) is 8.43. The van der Waals surface area contributed by atoms with Crippen molar-refractivity contribution in [1.29, 1.82) is 0 Å². The normalized spacial score (nSPS) is 13.2. The highest BCUT2D eigenvalue weighted by molar-refractivity contribution is 7.86. The molecule has 0 bridgehead atoms. The van der Waals surface area contributed by atoms with Gasteiger partial charge in [-0.2, -0.15) is 8.42 Å². The zero-order chi connectivity index (χ0) is 18.4. The van der Waals surface area contributed by atoms with E-state index in [0.717, 1.165) is 12.0 Å². The van der Waals surface area contributed by atoms with E-state index in [-0.39, 0.29) is 17.1 Å². The van der Waals surface area contributed by atoms with Crippen LogP contribution in [0.2, 0.25) is 0 Å². The van der Waals surface area contributed by atoms with Crippen LogP contribution in [0.25, 0.3) is 0 Å². The van der Waals surface area contributed by atoms with Crippen molar-refractivity contribution in [3.8, 4) is 0 Å². The summed E-state index contributed by atoms with van der Waals surface area (Å²) in [6.45, 7) is 10.4. The Morgan fingerprint density at radius 3 is 2.00 bits per heavy atom. The molecular weight excluding hydrogens is 328 g/mol. The fourth-order valence-electron chi connectivity index (χ4n) is 1.92. The van der Waals surface area contributed by atoms with Gasteiger partial charge in [0.15, 0.2) is 0 Å². The van der Waals surface area contributed by atoms with Gasteiger partial charge in [-0.3, -0.25) is 4.18 Å². The number of ether oxygens (including phenoxy) is 2. The van der Waals surface area contributed by atoms with Crippen molar-refractivity contribution in [3.05, 3.63) is 29.8 Å². The van der Waals surface area contributed by atoms with Gasteiger partial charge in [0.2, 0.25) is 0 Å². The third-order valence-electron chi connectivity index (χ3n) is 4.00. The molecule has 0 aliphatic heterocycles. The Kier molecular flexibility index (Phi) is 7.41. The van der Waals surface area contributed by atoms with Crippen LogP contribution < -0.4 is 0 Å². The van der Waals surface area contributed by atoms with Crippen molar-refractivity contribution in [2.24, 2.45) is 0 Å². The van der Waals surface area contributed by atoms with Crippen molar-refractivity contribution < 1.29 is 22.1 Å². The molecular formula is C18H30O5S. The summed E-state index contributed by atoms with van der Waals surface area (Å²) in [6, 6.07) is 6.61. The third kappa shape index (κ3) is 7.30. The Morgan fingerprint density at radius 1 is 0.917 bits per heavy atom. The van der Waals surface area contributed by atoms with Gasteiger partial charge >= 0.3 is 0 Å². The monoisotopic (exact) mass is 358 g/mol. The minimum Gasteiger partial charge on any atom is -0.379 e. The van der Waals surface area contributed by atoms with Crippen LogP contribution in [0.1, 0.15) is 46.1 Å². The van der Waals surface area contributed by atoms with Crippen molar-refractivity contribution in [2.75, 3.05) is 20.3 Å². The fourth-order valence-corrected chi connectivity index (χ4v) is 2.83. The summed E-state index contributed by atoms with van der Waals surface area (Å²) in [5, 5.41) is 0. The molecule has 0 radical (unpaired) electrons. The standard InChI is InChI=1S/C18H30O5S/c1-15-7-9-16(10-8-15)24(19,20)23-14-12-18(4,5)22-13-11-17(2,3)21-6/h7-10H,11-14H2,1-6H3. The van der Waals surface area contributed by atoms with Crippen LogP contribution in [-0.2, 0) is 23.8 Å².